The Bertz CT molecular complexity index is 1140. The maximum Gasteiger partial charge on any atom is 0.338 e. The van der Waals surface area contributed by atoms with Crippen molar-refractivity contribution >= 4 is 23.5 Å². The normalized spacial score (nSPS) is 14.1. The van der Waals surface area contributed by atoms with Crippen molar-refractivity contribution in [3.05, 3.63) is 71.8 Å². The highest BCUT2D eigenvalue weighted by molar-refractivity contribution is 6.40. The Morgan fingerprint density at radius 2 is 1.69 bits per heavy atom. The van der Waals surface area contributed by atoms with Crippen LogP contribution in [0.15, 0.2) is 54.7 Å². The molecule has 0 bridgehead atoms. The fourth-order valence-electron chi connectivity index (χ4n) is 3.35. The zero-order valence-electron chi connectivity index (χ0n) is 17.3. The Labute approximate surface area is 183 Å². The Hall–Kier alpha value is -4.08. The van der Waals surface area contributed by atoms with Crippen molar-refractivity contribution < 1.29 is 23.5 Å². The topological polar surface area (TPSA) is 97.6 Å². The second-order valence-electron chi connectivity index (χ2n) is 7.08. The number of halogens is 1. The van der Waals surface area contributed by atoms with Gasteiger partial charge in [0.2, 0.25) is 0 Å². The molecule has 1 aliphatic heterocycles. The minimum absolute atomic E-state index is 0.128. The lowest BCUT2D eigenvalue weighted by atomic mass is 10.2. The lowest BCUT2D eigenvalue weighted by Crippen LogP contribution is -2.54. The van der Waals surface area contributed by atoms with E-state index in [0.29, 0.717) is 42.3 Å². The molecule has 1 fully saturated rings. The molecule has 0 radical (unpaired) electrons. The van der Waals surface area contributed by atoms with Crippen LogP contribution in [0.3, 0.4) is 0 Å². The monoisotopic (exact) mass is 437 g/mol. The largest absolute Gasteiger partial charge is 0.462 e. The number of hydrogen-bond donors (Lipinski definition) is 0. The molecule has 1 aliphatic rings. The van der Waals surface area contributed by atoms with E-state index in [9.17, 15) is 18.8 Å². The molecular formula is C22H20FN5O4. The maximum atomic E-state index is 13.1. The molecule has 9 nitrogen and oxygen atoms in total. The number of anilines is 1. The zero-order chi connectivity index (χ0) is 22.7. The number of carbonyl (C=O) groups is 3. The molecule has 0 atom stereocenters. The summed E-state index contributed by atoms with van der Waals surface area (Å²) in [6, 6.07) is 12.1. The van der Waals surface area contributed by atoms with Crippen molar-refractivity contribution in [1.29, 1.82) is 0 Å². The number of carbonyl (C=O) groups excluding carboxylic acids is 3. The van der Waals surface area contributed by atoms with Crippen LogP contribution < -0.4 is 4.90 Å². The van der Waals surface area contributed by atoms with Gasteiger partial charge in [0, 0.05) is 18.8 Å². The molecule has 2 amide bonds. The SMILES string of the molecule is CCOC(=O)c1ccc(-n2cc(CN3CCN(c4ccc(F)cc4)C(=O)C3=O)nn2)cc1. The first-order chi connectivity index (χ1) is 15.5. The molecule has 2 heterocycles. The third-order valence-corrected chi connectivity index (χ3v) is 4.98. The van der Waals surface area contributed by atoms with Crippen LogP contribution >= 0.6 is 0 Å². The van der Waals surface area contributed by atoms with E-state index in [1.165, 1.54) is 38.7 Å². The molecule has 0 N–H and O–H groups in total. The fourth-order valence-corrected chi connectivity index (χ4v) is 3.35. The average Bonchev–Trinajstić information content (AvgIpc) is 3.27. The van der Waals surface area contributed by atoms with Crippen LogP contribution in [0.5, 0.6) is 0 Å². The van der Waals surface area contributed by atoms with Gasteiger partial charge in [-0.3, -0.25) is 9.59 Å². The molecule has 1 saturated heterocycles. The van der Waals surface area contributed by atoms with Gasteiger partial charge in [-0.2, -0.15) is 0 Å². The maximum absolute atomic E-state index is 13.1. The van der Waals surface area contributed by atoms with Crippen molar-refractivity contribution in [2.24, 2.45) is 0 Å². The van der Waals surface area contributed by atoms with Gasteiger partial charge in [-0.25, -0.2) is 13.9 Å². The number of esters is 1. The molecule has 32 heavy (non-hydrogen) atoms. The van der Waals surface area contributed by atoms with E-state index < -0.39 is 23.6 Å². The lowest BCUT2D eigenvalue weighted by Gasteiger charge is -2.33. The van der Waals surface area contributed by atoms with Gasteiger partial charge in [-0.15, -0.1) is 5.10 Å². The van der Waals surface area contributed by atoms with E-state index in [0.717, 1.165) is 0 Å². The van der Waals surface area contributed by atoms with Gasteiger partial charge < -0.3 is 14.5 Å². The average molecular weight is 437 g/mol. The third kappa shape index (κ3) is 4.34. The van der Waals surface area contributed by atoms with E-state index in [-0.39, 0.29) is 6.54 Å². The van der Waals surface area contributed by atoms with Crippen LogP contribution in [0.1, 0.15) is 23.0 Å². The minimum atomic E-state index is -0.676. The van der Waals surface area contributed by atoms with Crippen molar-refractivity contribution in [3.63, 3.8) is 0 Å². The zero-order valence-corrected chi connectivity index (χ0v) is 17.3. The first-order valence-corrected chi connectivity index (χ1v) is 10.0. The number of rotatable bonds is 6. The number of hydrogen-bond acceptors (Lipinski definition) is 6. The van der Waals surface area contributed by atoms with E-state index in [2.05, 4.69) is 10.3 Å². The van der Waals surface area contributed by atoms with Crippen LogP contribution in [-0.4, -0.2) is 57.4 Å². The molecule has 10 heteroatoms. The standard InChI is InChI=1S/C22H20FN5O4/c1-2-32-22(31)15-3-7-19(8-4-15)28-14-17(24-25-28)13-26-11-12-27(21(30)20(26)29)18-9-5-16(23)6-10-18/h3-10,14H,2,11-13H2,1H3. The lowest BCUT2D eigenvalue weighted by molar-refractivity contribution is -0.146. The van der Waals surface area contributed by atoms with Gasteiger partial charge in [-0.1, -0.05) is 5.21 Å². The number of benzene rings is 2. The van der Waals surface area contributed by atoms with E-state index >= 15 is 0 Å². The number of aromatic nitrogens is 3. The second kappa shape index (κ2) is 8.96. The van der Waals surface area contributed by atoms with Crippen LogP contribution in [0.2, 0.25) is 0 Å². The smallest absolute Gasteiger partial charge is 0.338 e. The van der Waals surface area contributed by atoms with E-state index in [4.69, 9.17) is 4.74 Å². The summed E-state index contributed by atoms with van der Waals surface area (Å²) in [5, 5.41) is 8.14. The summed E-state index contributed by atoms with van der Waals surface area (Å²) in [5.74, 6) is -2.15. The van der Waals surface area contributed by atoms with Crippen molar-refractivity contribution in [3.8, 4) is 5.69 Å². The highest BCUT2D eigenvalue weighted by Crippen LogP contribution is 2.19. The quantitative estimate of drug-likeness (QED) is 0.432. The Morgan fingerprint density at radius 1 is 1.00 bits per heavy atom. The molecule has 0 saturated carbocycles. The molecule has 3 aromatic rings. The van der Waals surface area contributed by atoms with Crippen molar-refractivity contribution in [2.75, 3.05) is 24.6 Å². The summed E-state index contributed by atoms with van der Waals surface area (Å²) in [5.41, 5.74) is 2.09. The highest BCUT2D eigenvalue weighted by Gasteiger charge is 2.33. The summed E-state index contributed by atoms with van der Waals surface area (Å²) in [6.07, 6.45) is 1.66. The van der Waals surface area contributed by atoms with E-state index in [1.807, 2.05) is 0 Å². The first-order valence-electron chi connectivity index (χ1n) is 10.0. The van der Waals surface area contributed by atoms with Crippen LogP contribution in [-0.2, 0) is 20.9 Å². The summed E-state index contributed by atoms with van der Waals surface area (Å²) < 4.78 is 19.6. The molecular weight excluding hydrogens is 417 g/mol. The summed E-state index contributed by atoms with van der Waals surface area (Å²) >= 11 is 0. The number of ether oxygens (including phenoxy) is 1. The molecule has 0 aliphatic carbocycles. The van der Waals surface area contributed by atoms with Crippen LogP contribution in [0, 0.1) is 5.82 Å². The second-order valence-corrected chi connectivity index (χ2v) is 7.08. The number of nitrogens with zero attached hydrogens (tertiary/aromatic N) is 5. The van der Waals surface area contributed by atoms with Crippen molar-refractivity contribution in [1.82, 2.24) is 19.9 Å². The van der Waals surface area contributed by atoms with Gasteiger partial charge in [0.1, 0.15) is 11.5 Å². The summed E-state index contributed by atoms with van der Waals surface area (Å²) in [7, 11) is 0. The summed E-state index contributed by atoms with van der Waals surface area (Å²) in [6.45, 7) is 2.77. The first kappa shape index (κ1) is 21.2. The van der Waals surface area contributed by atoms with E-state index in [1.54, 1.807) is 37.4 Å². The number of piperazine rings is 1. The minimum Gasteiger partial charge on any atom is -0.462 e. The summed E-state index contributed by atoms with van der Waals surface area (Å²) in [4.78, 5) is 39.6. The molecule has 164 valence electrons. The van der Waals surface area contributed by atoms with Crippen molar-refractivity contribution in [2.45, 2.75) is 13.5 Å². The molecule has 4 rings (SSSR count). The van der Waals surface area contributed by atoms with Crippen LogP contribution in [0.25, 0.3) is 5.69 Å². The predicted molar refractivity (Wildman–Crippen MR) is 111 cm³/mol. The highest BCUT2D eigenvalue weighted by atomic mass is 19.1. The van der Waals surface area contributed by atoms with Crippen LogP contribution in [0.4, 0.5) is 10.1 Å². The third-order valence-electron chi connectivity index (χ3n) is 4.98. The van der Waals surface area contributed by atoms with Gasteiger partial charge in [0.05, 0.1) is 30.6 Å². The molecule has 0 unspecified atom stereocenters. The Morgan fingerprint density at radius 3 is 2.38 bits per heavy atom. The molecule has 2 aromatic carbocycles. The molecule has 0 spiro atoms. The van der Waals surface area contributed by atoms with Gasteiger partial charge in [-0.05, 0) is 55.5 Å². The molecule has 1 aromatic heterocycles. The van der Waals surface area contributed by atoms with Gasteiger partial charge >= 0.3 is 17.8 Å². The Balaban J connectivity index is 1.41. The van der Waals surface area contributed by atoms with Gasteiger partial charge in [0.15, 0.2) is 0 Å². The fraction of sp³-hybridized carbons (Fsp3) is 0.227. The van der Waals surface area contributed by atoms with Gasteiger partial charge in [0.25, 0.3) is 0 Å². The Kier molecular flexibility index (Phi) is 5.93. The predicted octanol–water partition coefficient (Wildman–Crippen LogP) is 1.96. The number of amides is 2.